The Hall–Kier alpha value is -0.790. The summed E-state index contributed by atoms with van der Waals surface area (Å²) in [4.78, 5) is 11.6. The Bertz CT molecular complexity index is 418. The van der Waals surface area contributed by atoms with E-state index >= 15 is 0 Å². The predicted molar refractivity (Wildman–Crippen MR) is 66.8 cm³/mol. The second-order valence-electron chi connectivity index (χ2n) is 3.44. The SMILES string of the molecule is CCCNC(=O)c1ccc(I)cc1C(F)(F)F. The number of carbonyl (C=O) groups excluding carboxylic acids is 1. The molecule has 0 heterocycles. The Morgan fingerprint density at radius 3 is 2.59 bits per heavy atom. The lowest BCUT2D eigenvalue weighted by atomic mass is 10.1. The normalized spacial score (nSPS) is 11.4. The maximum absolute atomic E-state index is 12.7. The van der Waals surface area contributed by atoms with Crippen molar-refractivity contribution in [2.75, 3.05) is 6.54 Å². The summed E-state index contributed by atoms with van der Waals surface area (Å²) in [5, 5.41) is 2.44. The Kier molecular flexibility index (Phi) is 4.79. The fourth-order valence-electron chi connectivity index (χ4n) is 1.28. The van der Waals surface area contributed by atoms with E-state index in [0.29, 0.717) is 16.5 Å². The molecule has 0 unspecified atom stereocenters. The summed E-state index contributed by atoms with van der Waals surface area (Å²) in [6.45, 7) is 2.20. The van der Waals surface area contributed by atoms with Gasteiger partial charge in [-0.3, -0.25) is 4.79 Å². The zero-order valence-corrected chi connectivity index (χ0v) is 11.2. The van der Waals surface area contributed by atoms with E-state index in [2.05, 4.69) is 5.32 Å². The first-order chi connectivity index (χ1) is 7.86. The Balaban J connectivity index is 3.11. The number of carbonyl (C=O) groups is 1. The minimum atomic E-state index is -4.51. The molecule has 0 aliphatic carbocycles. The summed E-state index contributed by atoms with van der Waals surface area (Å²) >= 11 is 1.78. The van der Waals surface area contributed by atoms with Crippen LogP contribution in [0.2, 0.25) is 0 Å². The van der Waals surface area contributed by atoms with Gasteiger partial charge in [-0.15, -0.1) is 0 Å². The molecule has 1 amide bonds. The van der Waals surface area contributed by atoms with Crippen molar-refractivity contribution in [2.24, 2.45) is 0 Å². The van der Waals surface area contributed by atoms with Crippen LogP contribution >= 0.6 is 22.6 Å². The number of halogens is 4. The van der Waals surface area contributed by atoms with Crippen LogP contribution in [0.4, 0.5) is 13.2 Å². The zero-order valence-electron chi connectivity index (χ0n) is 9.07. The predicted octanol–water partition coefficient (Wildman–Crippen LogP) is 3.45. The molecular formula is C11H11F3INO. The molecule has 0 bridgehead atoms. The summed E-state index contributed by atoms with van der Waals surface area (Å²) in [5.74, 6) is -0.685. The largest absolute Gasteiger partial charge is 0.417 e. The van der Waals surface area contributed by atoms with Gasteiger partial charge in [0.1, 0.15) is 0 Å². The van der Waals surface area contributed by atoms with Crippen LogP contribution in [0.3, 0.4) is 0 Å². The molecule has 17 heavy (non-hydrogen) atoms. The molecule has 0 aromatic heterocycles. The van der Waals surface area contributed by atoms with Gasteiger partial charge >= 0.3 is 6.18 Å². The first-order valence-electron chi connectivity index (χ1n) is 5.01. The second-order valence-corrected chi connectivity index (χ2v) is 4.69. The van der Waals surface area contributed by atoms with Gasteiger partial charge in [0, 0.05) is 10.1 Å². The minimum Gasteiger partial charge on any atom is -0.352 e. The molecular weight excluding hydrogens is 346 g/mol. The van der Waals surface area contributed by atoms with E-state index in [9.17, 15) is 18.0 Å². The van der Waals surface area contributed by atoms with Gasteiger partial charge in [0.15, 0.2) is 0 Å². The molecule has 0 saturated carbocycles. The van der Waals surface area contributed by atoms with Crippen LogP contribution < -0.4 is 5.32 Å². The molecule has 2 nitrogen and oxygen atoms in total. The number of hydrogen-bond acceptors (Lipinski definition) is 1. The van der Waals surface area contributed by atoms with Gasteiger partial charge in [0.05, 0.1) is 11.1 Å². The first-order valence-corrected chi connectivity index (χ1v) is 6.09. The summed E-state index contributed by atoms with van der Waals surface area (Å²) < 4.78 is 38.6. The fraction of sp³-hybridized carbons (Fsp3) is 0.364. The monoisotopic (exact) mass is 357 g/mol. The molecule has 1 aromatic carbocycles. The third-order valence-corrected chi connectivity index (χ3v) is 2.74. The molecule has 0 spiro atoms. The zero-order chi connectivity index (χ0) is 13.1. The third kappa shape index (κ3) is 3.86. The number of alkyl halides is 3. The van der Waals surface area contributed by atoms with Crippen molar-refractivity contribution in [3.05, 3.63) is 32.9 Å². The average Bonchev–Trinajstić information content (AvgIpc) is 2.24. The molecule has 1 N–H and O–H groups in total. The van der Waals surface area contributed by atoms with Gasteiger partial charge in [-0.2, -0.15) is 13.2 Å². The van der Waals surface area contributed by atoms with Crippen molar-refractivity contribution < 1.29 is 18.0 Å². The molecule has 6 heteroatoms. The topological polar surface area (TPSA) is 29.1 Å². The van der Waals surface area contributed by atoms with Crippen LogP contribution in [0, 0.1) is 3.57 Å². The van der Waals surface area contributed by atoms with E-state index in [-0.39, 0.29) is 5.56 Å². The summed E-state index contributed by atoms with van der Waals surface area (Å²) in [6.07, 6.45) is -3.84. The minimum absolute atomic E-state index is 0.327. The molecule has 1 rings (SSSR count). The molecule has 94 valence electrons. The number of hydrogen-bond donors (Lipinski definition) is 1. The summed E-state index contributed by atoms with van der Waals surface area (Å²) in [5.41, 5.74) is -1.22. The molecule has 0 fully saturated rings. The molecule has 0 atom stereocenters. The van der Waals surface area contributed by atoms with Crippen LogP contribution in [0.1, 0.15) is 29.3 Å². The number of amides is 1. The second kappa shape index (κ2) is 5.70. The van der Waals surface area contributed by atoms with E-state index in [0.717, 1.165) is 6.07 Å². The van der Waals surface area contributed by atoms with Gasteiger partial charge in [-0.25, -0.2) is 0 Å². The Labute approximate surface area is 111 Å². The van der Waals surface area contributed by atoms with Gasteiger partial charge in [0.25, 0.3) is 5.91 Å². The lowest BCUT2D eigenvalue weighted by molar-refractivity contribution is -0.138. The van der Waals surface area contributed by atoms with Crippen molar-refractivity contribution in [2.45, 2.75) is 19.5 Å². The van der Waals surface area contributed by atoms with Crippen LogP contribution in [-0.4, -0.2) is 12.5 Å². The van der Waals surface area contributed by atoms with Crippen LogP contribution in [0.25, 0.3) is 0 Å². The van der Waals surface area contributed by atoms with E-state index in [4.69, 9.17) is 0 Å². The molecule has 0 radical (unpaired) electrons. The Morgan fingerprint density at radius 2 is 2.06 bits per heavy atom. The lowest BCUT2D eigenvalue weighted by Gasteiger charge is -2.13. The standard InChI is InChI=1S/C11H11F3INO/c1-2-5-16-10(17)8-4-3-7(15)6-9(8)11(12,13)14/h3-4,6H,2,5H2,1H3,(H,16,17). The van der Waals surface area contributed by atoms with Crippen molar-refractivity contribution in [3.63, 3.8) is 0 Å². The molecule has 1 aromatic rings. The van der Waals surface area contributed by atoms with Gasteiger partial charge < -0.3 is 5.32 Å². The van der Waals surface area contributed by atoms with Crippen molar-refractivity contribution in [1.29, 1.82) is 0 Å². The first kappa shape index (κ1) is 14.3. The molecule has 0 aliphatic heterocycles. The van der Waals surface area contributed by atoms with Crippen LogP contribution in [0.5, 0.6) is 0 Å². The lowest BCUT2D eigenvalue weighted by Crippen LogP contribution is -2.26. The Morgan fingerprint density at radius 1 is 1.41 bits per heavy atom. The van der Waals surface area contributed by atoms with Crippen molar-refractivity contribution in [1.82, 2.24) is 5.32 Å². The van der Waals surface area contributed by atoms with E-state index < -0.39 is 17.6 Å². The van der Waals surface area contributed by atoms with E-state index in [1.54, 1.807) is 22.6 Å². The van der Waals surface area contributed by atoms with Crippen molar-refractivity contribution in [3.8, 4) is 0 Å². The van der Waals surface area contributed by atoms with Gasteiger partial charge in [-0.1, -0.05) is 6.92 Å². The maximum atomic E-state index is 12.7. The smallest absolute Gasteiger partial charge is 0.352 e. The summed E-state index contributed by atoms with van der Waals surface area (Å²) in [7, 11) is 0. The van der Waals surface area contributed by atoms with Crippen LogP contribution in [0.15, 0.2) is 18.2 Å². The molecule has 0 aliphatic rings. The highest BCUT2D eigenvalue weighted by Crippen LogP contribution is 2.33. The quantitative estimate of drug-likeness (QED) is 0.825. The molecule has 0 saturated heterocycles. The highest BCUT2D eigenvalue weighted by Gasteiger charge is 2.35. The highest BCUT2D eigenvalue weighted by atomic mass is 127. The summed E-state index contributed by atoms with van der Waals surface area (Å²) in [6, 6.07) is 3.66. The fourth-order valence-corrected chi connectivity index (χ4v) is 1.77. The van der Waals surface area contributed by atoms with Crippen molar-refractivity contribution >= 4 is 28.5 Å². The maximum Gasteiger partial charge on any atom is 0.417 e. The number of rotatable bonds is 3. The van der Waals surface area contributed by atoms with Gasteiger partial charge in [0.2, 0.25) is 0 Å². The highest BCUT2D eigenvalue weighted by molar-refractivity contribution is 14.1. The van der Waals surface area contributed by atoms with E-state index in [1.807, 2.05) is 6.92 Å². The number of nitrogens with one attached hydrogen (secondary N) is 1. The van der Waals surface area contributed by atoms with Crippen LogP contribution in [-0.2, 0) is 6.18 Å². The third-order valence-electron chi connectivity index (χ3n) is 2.07. The van der Waals surface area contributed by atoms with Gasteiger partial charge in [-0.05, 0) is 47.2 Å². The van der Waals surface area contributed by atoms with E-state index in [1.165, 1.54) is 12.1 Å². The number of benzene rings is 1. The average molecular weight is 357 g/mol.